The smallest absolute Gasteiger partial charge is 0.382 e. The van der Waals surface area contributed by atoms with E-state index in [9.17, 15) is 10.1 Å². The lowest BCUT2D eigenvalue weighted by molar-refractivity contribution is -0.388. The van der Waals surface area contributed by atoms with Gasteiger partial charge in [-0.05, 0) is 35.4 Å². The second-order valence-electron chi connectivity index (χ2n) is 3.11. The van der Waals surface area contributed by atoms with Crippen LogP contribution in [0.1, 0.15) is 13.3 Å². The molecule has 0 unspecified atom stereocenters. The predicted octanol–water partition coefficient (Wildman–Crippen LogP) is 1.83. The first-order valence-corrected chi connectivity index (χ1v) is 5.16. The van der Waals surface area contributed by atoms with E-state index >= 15 is 0 Å². The number of aromatic nitrogens is 1. The molecule has 0 aliphatic carbocycles. The summed E-state index contributed by atoms with van der Waals surface area (Å²) in [6, 6.07) is 3.31. The van der Waals surface area contributed by atoms with E-state index in [1.807, 2.05) is 6.92 Å². The van der Waals surface area contributed by atoms with Gasteiger partial charge in [-0.3, -0.25) is 0 Å². The molecular formula is C10H15N3O3. The van der Waals surface area contributed by atoms with Crippen LogP contribution in [-0.2, 0) is 4.74 Å². The van der Waals surface area contributed by atoms with Crippen LogP contribution < -0.4 is 5.32 Å². The molecule has 0 atom stereocenters. The van der Waals surface area contributed by atoms with Crippen LogP contribution in [0.5, 0.6) is 0 Å². The molecule has 16 heavy (non-hydrogen) atoms. The lowest BCUT2D eigenvalue weighted by Crippen LogP contribution is -2.07. The zero-order valence-electron chi connectivity index (χ0n) is 9.18. The number of anilines is 1. The van der Waals surface area contributed by atoms with Crippen molar-refractivity contribution < 1.29 is 9.66 Å². The second kappa shape index (κ2) is 6.73. The summed E-state index contributed by atoms with van der Waals surface area (Å²) in [6.07, 6.45) is 2.21. The third-order valence-electron chi connectivity index (χ3n) is 1.94. The molecule has 0 aromatic carbocycles. The van der Waals surface area contributed by atoms with Crippen LogP contribution >= 0.6 is 0 Å². The Morgan fingerprint density at radius 2 is 2.44 bits per heavy atom. The van der Waals surface area contributed by atoms with Crippen LogP contribution in [-0.4, -0.2) is 29.7 Å². The van der Waals surface area contributed by atoms with Crippen LogP contribution in [0.4, 0.5) is 11.5 Å². The van der Waals surface area contributed by atoms with E-state index in [1.54, 1.807) is 12.1 Å². The number of pyridine rings is 1. The maximum absolute atomic E-state index is 10.6. The molecular weight excluding hydrogens is 210 g/mol. The highest BCUT2D eigenvalue weighted by atomic mass is 16.6. The van der Waals surface area contributed by atoms with Crippen molar-refractivity contribution in [3.05, 3.63) is 28.4 Å². The van der Waals surface area contributed by atoms with Crippen LogP contribution in [0.15, 0.2) is 18.3 Å². The molecule has 88 valence electrons. The highest BCUT2D eigenvalue weighted by molar-refractivity contribution is 5.56. The molecule has 0 spiro atoms. The Kier molecular flexibility index (Phi) is 5.21. The predicted molar refractivity (Wildman–Crippen MR) is 60.5 cm³/mol. The summed E-state index contributed by atoms with van der Waals surface area (Å²) in [6.45, 7) is 3.90. The molecule has 1 aromatic heterocycles. The molecule has 1 heterocycles. The SMILES string of the molecule is CCOCCCNc1cccnc1[N+](=O)[O-]. The molecule has 0 aliphatic heterocycles. The number of rotatable bonds is 7. The average Bonchev–Trinajstić information content (AvgIpc) is 2.29. The molecule has 0 bridgehead atoms. The molecule has 0 fully saturated rings. The zero-order valence-corrected chi connectivity index (χ0v) is 9.18. The standard InChI is InChI=1S/C10H15N3O3/c1-2-16-8-4-7-11-9-5-3-6-12-10(9)13(14)15/h3,5-6,11H,2,4,7-8H2,1H3. The van der Waals surface area contributed by atoms with Crippen molar-refractivity contribution in [2.45, 2.75) is 13.3 Å². The Hall–Kier alpha value is -1.69. The van der Waals surface area contributed by atoms with Gasteiger partial charge >= 0.3 is 5.82 Å². The minimum atomic E-state index is -0.495. The summed E-state index contributed by atoms with van der Waals surface area (Å²) in [4.78, 5) is 13.8. The van der Waals surface area contributed by atoms with Gasteiger partial charge in [-0.1, -0.05) is 0 Å². The van der Waals surface area contributed by atoms with Crippen molar-refractivity contribution in [3.8, 4) is 0 Å². The summed E-state index contributed by atoms with van der Waals surface area (Å²) < 4.78 is 5.16. The average molecular weight is 225 g/mol. The number of nitrogens with zero attached hydrogens (tertiary/aromatic N) is 2. The summed E-state index contributed by atoms with van der Waals surface area (Å²) in [5.74, 6) is -0.140. The largest absolute Gasteiger partial charge is 0.386 e. The van der Waals surface area contributed by atoms with Crippen molar-refractivity contribution in [2.75, 3.05) is 25.1 Å². The fraction of sp³-hybridized carbons (Fsp3) is 0.500. The molecule has 0 aliphatic rings. The molecule has 1 N–H and O–H groups in total. The first-order valence-electron chi connectivity index (χ1n) is 5.16. The van der Waals surface area contributed by atoms with Gasteiger partial charge in [0, 0.05) is 19.8 Å². The van der Waals surface area contributed by atoms with Crippen LogP contribution in [0.25, 0.3) is 0 Å². The van der Waals surface area contributed by atoms with Gasteiger partial charge in [0.2, 0.25) is 0 Å². The highest BCUT2D eigenvalue weighted by Crippen LogP contribution is 2.19. The minimum Gasteiger partial charge on any atom is -0.382 e. The number of hydrogen-bond acceptors (Lipinski definition) is 5. The van der Waals surface area contributed by atoms with E-state index in [1.165, 1.54) is 6.20 Å². The maximum atomic E-state index is 10.6. The minimum absolute atomic E-state index is 0.140. The van der Waals surface area contributed by atoms with E-state index in [0.717, 1.165) is 6.42 Å². The monoisotopic (exact) mass is 225 g/mol. The van der Waals surface area contributed by atoms with Crippen molar-refractivity contribution in [2.24, 2.45) is 0 Å². The lowest BCUT2D eigenvalue weighted by atomic mass is 10.3. The first-order chi connectivity index (χ1) is 7.75. The summed E-state index contributed by atoms with van der Waals surface area (Å²) in [7, 11) is 0. The molecule has 6 heteroatoms. The summed E-state index contributed by atoms with van der Waals surface area (Å²) in [5, 5.41) is 13.6. The number of nitrogens with one attached hydrogen (secondary N) is 1. The van der Waals surface area contributed by atoms with E-state index in [0.29, 0.717) is 25.4 Å². The molecule has 1 aromatic rings. The topological polar surface area (TPSA) is 77.3 Å². The first kappa shape index (κ1) is 12.4. The third kappa shape index (κ3) is 3.82. The molecule has 0 saturated heterocycles. The molecule has 0 amide bonds. The Balaban J connectivity index is 2.44. The van der Waals surface area contributed by atoms with E-state index in [-0.39, 0.29) is 5.82 Å². The van der Waals surface area contributed by atoms with Crippen LogP contribution in [0, 0.1) is 10.1 Å². The van der Waals surface area contributed by atoms with Crippen molar-refractivity contribution >= 4 is 11.5 Å². The molecule has 0 radical (unpaired) electrons. The van der Waals surface area contributed by atoms with Crippen molar-refractivity contribution in [1.29, 1.82) is 0 Å². The summed E-state index contributed by atoms with van der Waals surface area (Å²) in [5.41, 5.74) is 0.448. The Morgan fingerprint density at radius 3 is 3.12 bits per heavy atom. The van der Waals surface area contributed by atoms with Crippen molar-refractivity contribution in [3.63, 3.8) is 0 Å². The van der Waals surface area contributed by atoms with Gasteiger partial charge in [-0.25, -0.2) is 0 Å². The number of nitro groups is 1. The van der Waals surface area contributed by atoms with Crippen LogP contribution in [0.3, 0.4) is 0 Å². The van der Waals surface area contributed by atoms with Gasteiger partial charge in [0.1, 0.15) is 11.9 Å². The highest BCUT2D eigenvalue weighted by Gasteiger charge is 2.12. The van der Waals surface area contributed by atoms with Gasteiger partial charge in [0.05, 0.1) is 0 Å². The quantitative estimate of drug-likeness (QED) is 0.435. The van der Waals surface area contributed by atoms with E-state index in [2.05, 4.69) is 10.3 Å². The second-order valence-corrected chi connectivity index (χ2v) is 3.11. The Labute approximate surface area is 93.8 Å². The number of ether oxygens (including phenoxy) is 1. The van der Waals surface area contributed by atoms with Gasteiger partial charge in [-0.2, -0.15) is 0 Å². The molecule has 0 saturated carbocycles. The third-order valence-corrected chi connectivity index (χ3v) is 1.94. The molecule has 6 nitrogen and oxygen atoms in total. The fourth-order valence-electron chi connectivity index (χ4n) is 1.22. The van der Waals surface area contributed by atoms with Crippen molar-refractivity contribution in [1.82, 2.24) is 4.98 Å². The fourth-order valence-corrected chi connectivity index (χ4v) is 1.22. The maximum Gasteiger partial charge on any atom is 0.386 e. The molecule has 1 rings (SSSR count). The van der Waals surface area contributed by atoms with Gasteiger partial charge < -0.3 is 20.2 Å². The normalized spacial score (nSPS) is 10.1. The van der Waals surface area contributed by atoms with Crippen LogP contribution in [0.2, 0.25) is 0 Å². The zero-order chi connectivity index (χ0) is 11.8. The van der Waals surface area contributed by atoms with E-state index in [4.69, 9.17) is 4.74 Å². The van der Waals surface area contributed by atoms with Gasteiger partial charge in [0.15, 0.2) is 0 Å². The lowest BCUT2D eigenvalue weighted by Gasteiger charge is -2.06. The summed E-state index contributed by atoms with van der Waals surface area (Å²) >= 11 is 0. The Bertz CT molecular complexity index is 344. The van der Waals surface area contributed by atoms with E-state index < -0.39 is 4.92 Å². The van der Waals surface area contributed by atoms with Gasteiger partial charge in [0.25, 0.3) is 0 Å². The Morgan fingerprint density at radius 1 is 1.62 bits per heavy atom. The number of hydrogen-bond donors (Lipinski definition) is 1. The van der Waals surface area contributed by atoms with Gasteiger partial charge in [-0.15, -0.1) is 0 Å².